The molecular weight excluding hydrogens is 913 g/mol. The molecule has 69 heavy (non-hydrogen) atoms. The number of amides is 2. The molecule has 8 rings (SSSR count). The summed E-state index contributed by atoms with van der Waals surface area (Å²) in [6.45, 7) is 13.5. The Hall–Kier alpha value is -1.55. The van der Waals surface area contributed by atoms with Crippen molar-refractivity contribution in [2.24, 2.45) is 92.7 Å². The molecule has 8 saturated carbocycles. The highest BCUT2D eigenvalue weighted by Gasteiger charge is 2.68. The van der Waals surface area contributed by atoms with Crippen LogP contribution in [0.25, 0.3) is 0 Å². The lowest BCUT2D eigenvalue weighted by Gasteiger charge is -2.63. The van der Waals surface area contributed by atoms with Crippen LogP contribution in [0.15, 0.2) is 0 Å². The lowest BCUT2D eigenvalue weighted by molar-refractivity contribution is -0.236. The van der Waals surface area contributed by atoms with Crippen LogP contribution in [0.2, 0.25) is 0 Å². The lowest BCUT2D eigenvalue weighted by atomic mass is 9.43. The van der Waals surface area contributed by atoms with E-state index in [1.807, 2.05) is 13.8 Å². The van der Waals surface area contributed by atoms with Crippen molar-refractivity contribution in [2.75, 3.05) is 24.6 Å². The molecule has 0 spiro atoms. The molecule has 15 heteroatoms. The van der Waals surface area contributed by atoms with Gasteiger partial charge in [0.15, 0.2) is 0 Å². The van der Waals surface area contributed by atoms with Crippen LogP contribution in [-0.2, 0) is 19.4 Å². The summed E-state index contributed by atoms with van der Waals surface area (Å²) in [6, 6.07) is 0. The monoisotopic (exact) mass is 1000 g/mol. The number of hydrogen-bond acceptors (Lipinski definition) is 8. The summed E-state index contributed by atoms with van der Waals surface area (Å²) in [4.78, 5) is 25.9. The van der Waals surface area contributed by atoms with Crippen molar-refractivity contribution >= 4 is 21.7 Å². The van der Waals surface area contributed by atoms with Gasteiger partial charge in [-0.3, -0.25) is 9.59 Å². The van der Waals surface area contributed by atoms with Gasteiger partial charge in [-0.25, -0.2) is 26.0 Å². The van der Waals surface area contributed by atoms with E-state index in [1.165, 1.54) is 0 Å². The maximum atomic E-state index is 14.9. The van der Waals surface area contributed by atoms with Crippen molar-refractivity contribution in [1.82, 2.24) is 10.6 Å². The number of nitrogens with one attached hydrogen (secondary N) is 2. The Balaban J connectivity index is 0.705. The minimum Gasteiger partial charge on any atom is -0.393 e. The van der Waals surface area contributed by atoms with E-state index in [2.05, 4.69) is 38.3 Å². The Bertz CT molecular complexity index is 1850. The number of aliphatic hydroxyl groups is 4. The first-order valence-electron chi connectivity index (χ1n) is 27.4. The summed E-state index contributed by atoms with van der Waals surface area (Å²) in [7, 11) is -3.38. The van der Waals surface area contributed by atoms with Crippen LogP contribution in [0.1, 0.15) is 170 Å². The minimum atomic E-state index is -3.38. The molecule has 10 nitrogen and oxygen atoms in total. The van der Waals surface area contributed by atoms with Gasteiger partial charge in [-0.05, 0) is 195 Å². The average Bonchev–Trinajstić information content (AvgIpc) is 3.81. The minimum absolute atomic E-state index is 0.00151. The molecule has 0 aromatic heterocycles. The van der Waals surface area contributed by atoms with Crippen LogP contribution < -0.4 is 10.6 Å². The molecule has 0 aliphatic heterocycles. The molecule has 0 unspecified atom stereocenters. The second-order valence-corrected chi connectivity index (χ2v) is 28.3. The third-order valence-corrected chi connectivity index (χ3v) is 24.3. The van der Waals surface area contributed by atoms with Gasteiger partial charge in [0.1, 0.15) is 22.0 Å². The van der Waals surface area contributed by atoms with Crippen LogP contribution in [-0.4, -0.2) is 102 Å². The quantitative estimate of drug-likeness (QED) is 0.0658. The first kappa shape index (κ1) is 53.7. The zero-order chi connectivity index (χ0) is 50.3. The van der Waals surface area contributed by atoms with Gasteiger partial charge in [0.2, 0.25) is 11.8 Å². The van der Waals surface area contributed by atoms with Crippen LogP contribution in [0.4, 0.5) is 17.6 Å². The molecule has 8 aliphatic carbocycles. The Morgan fingerprint density at radius 2 is 0.928 bits per heavy atom. The number of sulfone groups is 1. The average molecular weight is 1000 g/mol. The fourth-order valence-electron chi connectivity index (χ4n) is 18.8. The van der Waals surface area contributed by atoms with Gasteiger partial charge in [-0.2, -0.15) is 0 Å². The van der Waals surface area contributed by atoms with Crippen LogP contribution in [0.5, 0.6) is 0 Å². The van der Waals surface area contributed by atoms with E-state index in [-0.39, 0.29) is 132 Å². The summed E-state index contributed by atoms with van der Waals surface area (Å²) in [6.07, 6.45) is 5.83. The van der Waals surface area contributed by atoms with Gasteiger partial charge < -0.3 is 31.1 Å². The Labute approximate surface area is 410 Å². The van der Waals surface area contributed by atoms with E-state index in [9.17, 15) is 56.0 Å². The van der Waals surface area contributed by atoms with E-state index >= 15 is 0 Å². The number of halogens is 4. The summed E-state index contributed by atoms with van der Waals surface area (Å²) in [5.41, 5.74) is -1.31. The van der Waals surface area contributed by atoms with Crippen molar-refractivity contribution < 1.29 is 56.0 Å². The molecule has 8 aliphatic rings. The molecule has 0 bridgehead atoms. The third kappa shape index (κ3) is 9.96. The van der Waals surface area contributed by atoms with Gasteiger partial charge in [0, 0.05) is 38.8 Å². The lowest BCUT2D eigenvalue weighted by Crippen LogP contribution is -2.62. The van der Waals surface area contributed by atoms with Crippen molar-refractivity contribution in [3.8, 4) is 0 Å². The van der Waals surface area contributed by atoms with Crippen molar-refractivity contribution in [3.63, 3.8) is 0 Å². The van der Waals surface area contributed by atoms with E-state index in [0.29, 0.717) is 63.2 Å². The molecule has 0 saturated heterocycles. The normalized spacial score (nSPS) is 46.2. The SMILES string of the molecule is C[C@H](CCC(=O)NCCCS(=O)(=O)CCCNC(=O)CC[C@@H](C)[C@H]1CC[C@H]2[C@@H]3[C@@H](O)C[C@@H]4C[C@@H](O)C(F)(F)C[C@]4(C)[C@H]3CC[C@]12C)[C@H]1CC[C@H]2[C@@H]3[C@@H](O)C[C@@H]4C[C@@H](O)C(F)(F)C[C@]4(C)[C@H]3CC[C@]12C. The van der Waals surface area contributed by atoms with Gasteiger partial charge in [-0.15, -0.1) is 0 Å². The van der Waals surface area contributed by atoms with Gasteiger partial charge in [0.25, 0.3) is 11.8 Å². The maximum Gasteiger partial charge on any atom is 0.274 e. The number of aliphatic hydroxyl groups excluding tert-OH is 4. The largest absolute Gasteiger partial charge is 0.393 e. The highest BCUT2D eigenvalue weighted by molar-refractivity contribution is 7.91. The summed E-state index contributed by atoms with van der Waals surface area (Å²) < 4.78 is 85.5. The Morgan fingerprint density at radius 3 is 1.30 bits per heavy atom. The predicted octanol–water partition coefficient (Wildman–Crippen LogP) is 8.72. The van der Waals surface area contributed by atoms with Crippen LogP contribution in [0.3, 0.4) is 0 Å². The summed E-state index contributed by atoms with van der Waals surface area (Å²) in [5.74, 6) is -5.19. The third-order valence-electron chi connectivity index (χ3n) is 22.5. The Morgan fingerprint density at radius 1 is 0.565 bits per heavy atom. The van der Waals surface area contributed by atoms with Gasteiger partial charge in [-0.1, -0.05) is 41.5 Å². The van der Waals surface area contributed by atoms with Crippen molar-refractivity contribution in [2.45, 2.75) is 206 Å². The first-order chi connectivity index (χ1) is 32.2. The standard InChI is InChI=1S/C54H88F4N2O8S/c1-31(35-11-13-37-47-39(17-19-49(35,37)3)51(5)29-53(55,56)43(63)27-33(51)25-41(47)61)9-15-45(65)59-21-7-23-69(67,68)24-8-22-60-46(66)16-10-32(2)36-12-14-38-48-40(18-20-50(36,38)4)52(6)30-54(57,58)44(64)28-34(52)26-42(48)62/h31-44,47-48,61-64H,7-30H2,1-6H3,(H,59,65)(H,60,66)/t31-,32-,33-,34-,35-,36-,37+,38+,39+,40+,41+,42+,43-,44-,47+,48+,49-,50-,51+,52+/m1/s1. The predicted molar refractivity (Wildman–Crippen MR) is 257 cm³/mol. The molecule has 20 atom stereocenters. The molecule has 0 aromatic rings. The van der Waals surface area contributed by atoms with E-state index in [0.717, 1.165) is 51.4 Å². The molecule has 0 heterocycles. The Kier molecular flexibility index (Phi) is 15.3. The fourth-order valence-corrected chi connectivity index (χ4v) is 20.2. The molecule has 396 valence electrons. The number of rotatable bonds is 16. The number of carbonyl (C=O) groups is 2. The zero-order valence-corrected chi connectivity index (χ0v) is 43.4. The molecule has 6 N–H and O–H groups in total. The van der Waals surface area contributed by atoms with E-state index in [4.69, 9.17) is 0 Å². The van der Waals surface area contributed by atoms with Crippen LogP contribution >= 0.6 is 0 Å². The highest BCUT2D eigenvalue weighted by Crippen LogP contribution is 2.71. The second kappa shape index (κ2) is 19.6. The second-order valence-electron chi connectivity index (χ2n) is 26.0. The van der Waals surface area contributed by atoms with Gasteiger partial charge in [0.05, 0.1) is 23.7 Å². The number of carbonyl (C=O) groups excluding carboxylic acids is 2. The zero-order valence-electron chi connectivity index (χ0n) is 42.6. The number of alkyl halides is 4. The highest BCUT2D eigenvalue weighted by atomic mass is 32.2. The number of hydrogen-bond donors (Lipinski definition) is 6. The molecule has 0 radical (unpaired) electrons. The van der Waals surface area contributed by atoms with Crippen LogP contribution in [0, 0.1) is 92.7 Å². The smallest absolute Gasteiger partial charge is 0.274 e. The molecule has 8 fully saturated rings. The molecule has 2 amide bonds. The van der Waals surface area contributed by atoms with Crippen molar-refractivity contribution in [1.29, 1.82) is 0 Å². The summed E-state index contributed by atoms with van der Waals surface area (Å²) >= 11 is 0. The first-order valence-corrected chi connectivity index (χ1v) is 29.2. The molecule has 0 aromatic carbocycles. The topological polar surface area (TPSA) is 173 Å². The van der Waals surface area contributed by atoms with Crippen molar-refractivity contribution in [3.05, 3.63) is 0 Å². The summed E-state index contributed by atoms with van der Waals surface area (Å²) in [5, 5.41) is 49.3. The molecular formula is C54H88F4N2O8S. The fraction of sp³-hybridized carbons (Fsp3) is 0.963. The van der Waals surface area contributed by atoms with Gasteiger partial charge >= 0.3 is 0 Å². The number of fused-ring (bicyclic) bond motifs is 10. The maximum absolute atomic E-state index is 14.9. The van der Waals surface area contributed by atoms with E-state index < -0.39 is 56.9 Å². The van der Waals surface area contributed by atoms with E-state index in [1.54, 1.807) is 0 Å².